The van der Waals surface area contributed by atoms with Gasteiger partial charge in [-0.3, -0.25) is 9.59 Å². The van der Waals surface area contributed by atoms with Crippen molar-refractivity contribution in [1.29, 1.82) is 0 Å². The number of hydrogen-bond acceptors (Lipinski definition) is 10. The molecule has 1 aliphatic rings. The maximum Gasteiger partial charge on any atom is 0.243 e. The van der Waals surface area contributed by atoms with Crippen LogP contribution in [0.5, 0.6) is 0 Å². The Morgan fingerprint density at radius 3 is 2.68 bits per heavy atom. The van der Waals surface area contributed by atoms with Gasteiger partial charge in [-0.25, -0.2) is 15.0 Å². The van der Waals surface area contributed by atoms with Gasteiger partial charge in [0.25, 0.3) is 0 Å². The number of pyridine rings is 1. The van der Waals surface area contributed by atoms with E-state index in [2.05, 4.69) is 48.5 Å². The van der Waals surface area contributed by atoms with Crippen LogP contribution in [-0.4, -0.2) is 66.5 Å². The van der Waals surface area contributed by atoms with E-state index < -0.39 is 0 Å². The highest BCUT2D eigenvalue weighted by molar-refractivity contribution is 5.86. The van der Waals surface area contributed by atoms with Gasteiger partial charge in [-0.2, -0.15) is 0 Å². The number of hydrogen-bond donors (Lipinski definition) is 5. The Morgan fingerprint density at radius 2 is 2.00 bits per heavy atom. The third-order valence-electron chi connectivity index (χ3n) is 4.94. The van der Waals surface area contributed by atoms with Crippen LogP contribution in [0.15, 0.2) is 31.0 Å². The number of aldehydes is 1. The van der Waals surface area contributed by atoms with Crippen molar-refractivity contribution in [2.24, 2.45) is 5.73 Å². The molecular weight excluding hydrogens is 436 g/mol. The van der Waals surface area contributed by atoms with E-state index in [1.165, 1.54) is 13.1 Å². The Labute approximate surface area is 200 Å². The summed E-state index contributed by atoms with van der Waals surface area (Å²) >= 11 is 0. The van der Waals surface area contributed by atoms with Gasteiger partial charge in [0.2, 0.25) is 5.91 Å². The maximum atomic E-state index is 11.7. The summed E-state index contributed by atoms with van der Waals surface area (Å²) in [5, 5.41) is 12.5. The first-order chi connectivity index (χ1) is 16.6. The lowest BCUT2D eigenvalue weighted by atomic mass is 10.1. The first-order valence-electron chi connectivity index (χ1n) is 11.3. The fourth-order valence-electron chi connectivity index (χ4n) is 3.25. The van der Waals surface area contributed by atoms with Gasteiger partial charge in [0.05, 0.1) is 5.69 Å². The summed E-state index contributed by atoms with van der Waals surface area (Å²) in [6, 6.07) is 3.84. The van der Waals surface area contributed by atoms with Crippen molar-refractivity contribution in [3.8, 4) is 0 Å². The Bertz CT molecular complexity index is 948. The molecule has 34 heavy (non-hydrogen) atoms. The average molecular weight is 471 g/mol. The number of carbonyl (C=O) groups is 2. The minimum Gasteiger partial charge on any atom is -0.381 e. The third kappa shape index (κ3) is 8.09. The molecule has 2 aromatic heterocycles. The second-order valence-electron chi connectivity index (χ2n) is 7.23. The molecule has 11 nitrogen and oxygen atoms in total. The highest BCUT2D eigenvalue weighted by atomic mass is 16.5. The summed E-state index contributed by atoms with van der Waals surface area (Å²) < 4.78 is 5.43. The van der Waals surface area contributed by atoms with E-state index >= 15 is 0 Å². The fraction of sp³-hybridized carbons (Fsp3) is 0.435. The third-order valence-corrected chi connectivity index (χ3v) is 4.94. The molecule has 0 unspecified atom stereocenters. The van der Waals surface area contributed by atoms with Crippen molar-refractivity contribution < 1.29 is 14.3 Å². The van der Waals surface area contributed by atoms with Gasteiger partial charge in [-0.15, -0.1) is 0 Å². The van der Waals surface area contributed by atoms with Crippen molar-refractivity contribution in [1.82, 2.24) is 20.3 Å². The van der Waals surface area contributed by atoms with Gasteiger partial charge < -0.3 is 31.7 Å². The number of anilines is 4. The summed E-state index contributed by atoms with van der Waals surface area (Å²) in [6.07, 6.45) is 6.03. The highest BCUT2D eigenvalue weighted by Gasteiger charge is 2.18. The van der Waals surface area contributed by atoms with Crippen LogP contribution in [0.2, 0.25) is 0 Å². The number of carbonyl (C=O) groups excluding carboxylic acids is 2. The van der Waals surface area contributed by atoms with Crippen LogP contribution in [0.1, 0.15) is 35.9 Å². The van der Waals surface area contributed by atoms with E-state index in [4.69, 9.17) is 4.74 Å². The SMILES string of the molecule is C=CC(=O)NCCNc1cc(Nc2nc(NC3CCOCC3)c(CC)nc2C=O)ccn1.CN. The van der Waals surface area contributed by atoms with E-state index in [-0.39, 0.29) is 17.6 Å². The summed E-state index contributed by atoms with van der Waals surface area (Å²) in [7, 11) is 1.50. The molecule has 184 valence electrons. The maximum absolute atomic E-state index is 11.7. The Morgan fingerprint density at radius 1 is 1.24 bits per heavy atom. The summed E-state index contributed by atoms with van der Waals surface area (Å²) in [5.74, 6) is 1.45. The van der Waals surface area contributed by atoms with Crippen molar-refractivity contribution in [2.75, 3.05) is 49.3 Å². The lowest BCUT2D eigenvalue weighted by Gasteiger charge is -2.25. The lowest BCUT2D eigenvalue weighted by molar-refractivity contribution is -0.116. The van der Waals surface area contributed by atoms with Gasteiger partial charge in [0.1, 0.15) is 17.3 Å². The van der Waals surface area contributed by atoms with E-state index in [1.807, 2.05) is 6.92 Å². The minimum absolute atomic E-state index is 0.226. The van der Waals surface area contributed by atoms with Gasteiger partial charge in [-0.1, -0.05) is 13.5 Å². The van der Waals surface area contributed by atoms with Gasteiger partial charge >= 0.3 is 0 Å². The lowest BCUT2D eigenvalue weighted by Crippen LogP contribution is -2.29. The first-order valence-corrected chi connectivity index (χ1v) is 11.3. The zero-order valence-corrected chi connectivity index (χ0v) is 19.8. The molecule has 1 aliphatic heterocycles. The summed E-state index contributed by atoms with van der Waals surface area (Å²) in [4.78, 5) is 36.3. The van der Waals surface area contributed by atoms with Crippen molar-refractivity contribution in [3.05, 3.63) is 42.4 Å². The van der Waals surface area contributed by atoms with Gasteiger partial charge in [0.15, 0.2) is 12.1 Å². The molecule has 0 radical (unpaired) electrons. The second-order valence-corrected chi connectivity index (χ2v) is 7.23. The number of ether oxygens (including phenoxy) is 1. The number of nitrogens with zero attached hydrogens (tertiary/aromatic N) is 3. The minimum atomic E-state index is -0.226. The molecule has 1 amide bonds. The van der Waals surface area contributed by atoms with E-state index in [9.17, 15) is 9.59 Å². The quantitative estimate of drug-likeness (QED) is 0.187. The van der Waals surface area contributed by atoms with Crippen LogP contribution < -0.4 is 27.0 Å². The zero-order valence-electron chi connectivity index (χ0n) is 19.8. The molecule has 2 aromatic rings. The van der Waals surface area contributed by atoms with Crippen LogP contribution in [-0.2, 0) is 16.0 Å². The molecule has 0 atom stereocenters. The normalized spacial score (nSPS) is 13.1. The fourth-order valence-corrected chi connectivity index (χ4v) is 3.25. The molecule has 0 spiro atoms. The van der Waals surface area contributed by atoms with Crippen LogP contribution in [0, 0.1) is 0 Å². The molecular formula is C23H34N8O3. The molecule has 0 saturated carbocycles. The van der Waals surface area contributed by atoms with Crippen LogP contribution >= 0.6 is 0 Å². The summed E-state index contributed by atoms with van der Waals surface area (Å²) in [6.45, 7) is 7.77. The van der Waals surface area contributed by atoms with Crippen molar-refractivity contribution in [3.63, 3.8) is 0 Å². The first kappa shape index (κ1) is 26.7. The molecule has 0 aliphatic carbocycles. The van der Waals surface area contributed by atoms with Crippen LogP contribution in [0.25, 0.3) is 0 Å². The van der Waals surface area contributed by atoms with E-state index in [0.717, 1.165) is 18.5 Å². The number of aromatic nitrogens is 3. The molecule has 1 fully saturated rings. The summed E-state index contributed by atoms with van der Waals surface area (Å²) in [5.41, 5.74) is 6.21. The molecule has 1 saturated heterocycles. The molecule has 3 heterocycles. The average Bonchev–Trinajstić information content (AvgIpc) is 2.88. The molecule has 0 bridgehead atoms. The molecule has 3 rings (SSSR count). The number of rotatable bonds is 11. The topological polar surface area (TPSA) is 156 Å². The van der Waals surface area contributed by atoms with Gasteiger partial charge in [-0.05, 0) is 38.5 Å². The van der Waals surface area contributed by atoms with Crippen molar-refractivity contribution >= 4 is 35.3 Å². The largest absolute Gasteiger partial charge is 0.381 e. The number of amides is 1. The van der Waals surface area contributed by atoms with Gasteiger partial charge in [0, 0.05) is 50.3 Å². The number of aryl methyl sites for hydroxylation is 1. The smallest absolute Gasteiger partial charge is 0.243 e. The predicted molar refractivity (Wildman–Crippen MR) is 134 cm³/mol. The monoisotopic (exact) mass is 470 g/mol. The standard InChI is InChI=1S/C22H29N7O3.CH5N/c1-3-17-21(26-15-6-11-32-12-7-15)29-22(18(14-30)28-17)27-16-5-8-23-19(13-16)24-9-10-25-20(31)4-2;1-2/h4-5,8,13-15H,2-3,6-7,9-12H2,1H3,(H,25,31)(H3,23,24,26,27,29);2H2,1H3. The van der Waals surface area contributed by atoms with Crippen LogP contribution in [0.3, 0.4) is 0 Å². The number of nitrogens with two attached hydrogens (primary N) is 1. The molecule has 11 heteroatoms. The second kappa shape index (κ2) is 14.6. The Hall–Kier alpha value is -3.57. The zero-order chi connectivity index (χ0) is 24.8. The molecule has 0 aromatic carbocycles. The highest BCUT2D eigenvalue weighted by Crippen LogP contribution is 2.24. The van der Waals surface area contributed by atoms with Crippen LogP contribution in [0.4, 0.5) is 23.1 Å². The van der Waals surface area contributed by atoms with E-state index in [0.29, 0.717) is 62.2 Å². The van der Waals surface area contributed by atoms with Crippen molar-refractivity contribution in [2.45, 2.75) is 32.2 Å². The number of nitrogens with one attached hydrogen (secondary N) is 4. The Kier molecular flexibility index (Phi) is 11.4. The predicted octanol–water partition coefficient (Wildman–Crippen LogP) is 1.87. The molecule has 6 N–H and O–H groups in total. The Balaban J connectivity index is 0.00000199. The van der Waals surface area contributed by atoms with E-state index in [1.54, 1.807) is 18.3 Å².